The van der Waals surface area contributed by atoms with Crippen molar-refractivity contribution in [2.24, 2.45) is 0 Å². The number of nitrogens with one attached hydrogen (secondary N) is 3. The lowest BCUT2D eigenvalue weighted by atomic mass is 9.99. The maximum absolute atomic E-state index is 13.5. The van der Waals surface area contributed by atoms with Crippen molar-refractivity contribution < 1.29 is 24.5 Å². The number of aliphatic hydroxyl groups is 2. The number of imidazole rings is 1. The van der Waals surface area contributed by atoms with Gasteiger partial charge < -0.3 is 35.8 Å². The summed E-state index contributed by atoms with van der Waals surface area (Å²) in [5, 5.41) is 30.9. The Morgan fingerprint density at radius 1 is 0.917 bits per heavy atom. The fraction of sp³-hybridized carbons (Fsp3) is 0.457. The summed E-state index contributed by atoms with van der Waals surface area (Å²) in [6.45, 7) is 5.30. The molecule has 13 nitrogen and oxygen atoms in total. The predicted octanol–water partition coefficient (Wildman–Crippen LogP) is 2.06. The van der Waals surface area contributed by atoms with Crippen LogP contribution in [0.2, 0.25) is 0 Å². The maximum Gasteiger partial charge on any atom is 0.289 e. The van der Waals surface area contributed by atoms with Crippen LogP contribution in [0.4, 0.5) is 5.82 Å². The topological polar surface area (TPSA) is 167 Å². The van der Waals surface area contributed by atoms with Gasteiger partial charge in [0.05, 0.1) is 6.33 Å². The molecular weight excluding hydrogens is 612 g/mol. The first kappa shape index (κ1) is 33.5. The zero-order valence-corrected chi connectivity index (χ0v) is 27.2. The van der Waals surface area contributed by atoms with E-state index in [0.29, 0.717) is 37.3 Å². The molecule has 48 heavy (non-hydrogen) atoms. The SMILES string of the molecule is CCNC(=O)[C@H]1O[C@@H](n2cnc3c(NC(Cc4ccccc4)Cc4ccccc4)nc(C(=O)NCCN4CCCCC4)nc32)[C@H](O)[C@@H]1O. The fourth-order valence-corrected chi connectivity index (χ4v) is 6.44. The Morgan fingerprint density at radius 2 is 1.58 bits per heavy atom. The van der Waals surface area contributed by atoms with E-state index in [1.165, 1.54) is 17.3 Å². The third-order valence-corrected chi connectivity index (χ3v) is 8.90. The number of amides is 2. The smallest absolute Gasteiger partial charge is 0.289 e. The molecule has 6 rings (SSSR count). The minimum Gasteiger partial charge on any atom is -0.387 e. The number of carbonyl (C=O) groups excluding carboxylic acids is 2. The fourth-order valence-electron chi connectivity index (χ4n) is 6.44. The summed E-state index contributed by atoms with van der Waals surface area (Å²) in [6.07, 6.45) is 0.913. The summed E-state index contributed by atoms with van der Waals surface area (Å²) in [7, 11) is 0. The van der Waals surface area contributed by atoms with Gasteiger partial charge >= 0.3 is 0 Å². The van der Waals surface area contributed by atoms with Gasteiger partial charge in [-0.15, -0.1) is 0 Å². The number of hydrogen-bond donors (Lipinski definition) is 5. The number of carbonyl (C=O) groups is 2. The molecule has 2 fully saturated rings. The molecule has 0 aliphatic carbocycles. The molecule has 2 aliphatic heterocycles. The second-order valence-electron chi connectivity index (χ2n) is 12.4. The van der Waals surface area contributed by atoms with Crippen molar-refractivity contribution >= 4 is 28.8 Å². The lowest BCUT2D eigenvalue weighted by Gasteiger charge is -2.26. The molecule has 0 radical (unpaired) electrons. The first-order valence-corrected chi connectivity index (χ1v) is 16.8. The highest BCUT2D eigenvalue weighted by atomic mass is 16.6. The summed E-state index contributed by atoms with van der Waals surface area (Å²) in [4.78, 5) is 42.3. The average Bonchev–Trinajstić information content (AvgIpc) is 3.66. The zero-order chi connectivity index (χ0) is 33.5. The lowest BCUT2D eigenvalue weighted by molar-refractivity contribution is -0.137. The first-order chi connectivity index (χ1) is 23.4. The molecule has 2 aromatic heterocycles. The second kappa shape index (κ2) is 15.6. The van der Waals surface area contributed by atoms with Gasteiger partial charge in [-0.3, -0.25) is 14.2 Å². The number of ether oxygens (including phenoxy) is 1. The van der Waals surface area contributed by atoms with Gasteiger partial charge in [-0.2, -0.15) is 0 Å². The maximum atomic E-state index is 13.5. The van der Waals surface area contributed by atoms with Crippen LogP contribution < -0.4 is 16.0 Å². The molecule has 4 heterocycles. The molecule has 13 heteroatoms. The molecule has 4 atom stereocenters. The molecule has 5 N–H and O–H groups in total. The van der Waals surface area contributed by atoms with Crippen molar-refractivity contribution in [3.8, 4) is 0 Å². The van der Waals surface area contributed by atoms with Crippen LogP contribution in [0.1, 0.15) is 54.2 Å². The van der Waals surface area contributed by atoms with E-state index in [1.807, 2.05) is 36.4 Å². The van der Waals surface area contributed by atoms with E-state index < -0.39 is 36.4 Å². The Hall–Kier alpha value is -4.43. The molecule has 0 bridgehead atoms. The highest BCUT2D eigenvalue weighted by Gasteiger charge is 2.47. The van der Waals surface area contributed by atoms with E-state index in [4.69, 9.17) is 9.72 Å². The Kier molecular flexibility index (Phi) is 10.9. The average molecular weight is 657 g/mol. The third-order valence-electron chi connectivity index (χ3n) is 8.90. The van der Waals surface area contributed by atoms with Crippen molar-refractivity contribution in [3.63, 3.8) is 0 Å². The number of likely N-dealkylation sites (tertiary alicyclic amines) is 1. The van der Waals surface area contributed by atoms with Crippen LogP contribution in [0, 0.1) is 0 Å². The largest absolute Gasteiger partial charge is 0.387 e. The number of fused-ring (bicyclic) bond motifs is 1. The predicted molar refractivity (Wildman–Crippen MR) is 180 cm³/mol. The van der Waals surface area contributed by atoms with Gasteiger partial charge in [-0.1, -0.05) is 67.1 Å². The summed E-state index contributed by atoms with van der Waals surface area (Å²) >= 11 is 0. The highest BCUT2D eigenvalue weighted by Crippen LogP contribution is 2.33. The first-order valence-electron chi connectivity index (χ1n) is 16.8. The van der Waals surface area contributed by atoms with Gasteiger partial charge in [0.25, 0.3) is 11.8 Å². The van der Waals surface area contributed by atoms with Gasteiger partial charge in [0.15, 0.2) is 29.3 Å². The van der Waals surface area contributed by atoms with E-state index >= 15 is 0 Å². The quantitative estimate of drug-likeness (QED) is 0.144. The van der Waals surface area contributed by atoms with Crippen LogP contribution in [0.3, 0.4) is 0 Å². The molecule has 0 spiro atoms. The van der Waals surface area contributed by atoms with Gasteiger partial charge in [0, 0.05) is 25.7 Å². The van der Waals surface area contributed by atoms with Crippen molar-refractivity contribution in [1.82, 2.24) is 35.1 Å². The Balaban J connectivity index is 1.33. The number of piperidine rings is 1. The Labute approximate surface area is 279 Å². The van der Waals surface area contributed by atoms with Gasteiger partial charge in [0.2, 0.25) is 5.82 Å². The Morgan fingerprint density at radius 3 is 2.23 bits per heavy atom. The molecule has 2 saturated heterocycles. The summed E-state index contributed by atoms with van der Waals surface area (Å²) in [5.74, 6) is -0.700. The zero-order valence-electron chi connectivity index (χ0n) is 27.2. The van der Waals surface area contributed by atoms with Crippen LogP contribution in [0.25, 0.3) is 11.2 Å². The molecule has 4 aromatic rings. The van der Waals surface area contributed by atoms with Gasteiger partial charge in [-0.05, 0) is 56.8 Å². The van der Waals surface area contributed by atoms with Crippen molar-refractivity contribution in [1.29, 1.82) is 0 Å². The van der Waals surface area contributed by atoms with Crippen LogP contribution in [-0.2, 0) is 22.4 Å². The molecule has 0 unspecified atom stereocenters. The summed E-state index contributed by atoms with van der Waals surface area (Å²) in [5.41, 5.74) is 2.84. The number of rotatable bonds is 13. The second-order valence-corrected chi connectivity index (χ2v) is 12.4. The minimum absolute atomic E-state index is 0.0723. The van der Waals surface area contributed by atoms with Crippen molar-refractivity contribution in [2.45, 2.75) is 69.6 Å². The van der Waals surface area contributed by atoms with Gasteiger partial charge in [-0.25, -0.2) is 15.0 Å². The van der Waals surface area contributed by atoms with E-state index in [1.54, 1.807) is 6.92 Å². The number of nitrogens with zero attached hydrogens (tertiary/aromatic N) is 5. The molecule has 254 valence electrons. The van der Waals surface area contributed by atoms with E-state index in [2.05, 4.69) is 55.1 Å². The highest BCUT2D eigenvalue weighted by molar-refractivity contribution is 5.94. The van der Waals surface area contributed by atoms with E-state index in [-0.39, 0.29) is 17.5 Å². The lowest BCUT2D eigenvalue weighted by Crippen LogP contribution is -2.42. The van der Waals surface area contributed by atoms with Crippen molar-refractivity contribution in [3.05, 3.63) is 83.9 Å². The van der Waals surface area contributed by atoms with Crippen molar-refractivity contribution in [2.75, 3.05) is 38.0 Å². The molecule has 2 aliphatic rings. The number of aliphatic hydroxyl groups excluding tert-OH is 2. The molecule has 2 amide bonds. The molecule has 0 saturated carbocycles. The number of anilines is 1. The van der Waals surface area contributed by atoms with E-state index in [9.17, 15) is 19.8 Å². The summed E-state index contributed by atoms with van der Waals surface area (Å²) < 4.78 is 7.34. The van der Waals surface area contributed by atoms with Gasteiger partial charge in [0.1, 0.15) is 12.2 Å². The number of benzene rings is 2. The Bertz CT molecular complexity index is 1620. The van der Waals surface area contributed by atoms with Crippen LogP contribution in [0.5, 0.6) is 0 Å². The van der Waals surface area contributed by atoms with Crippen LogP contribution in [-0.4, -0.2) is 104 Å². The van der Waals surface area contributed by atoms with E-state index in [0.717, 1.165) is 43.6 Å². The number of hydrogen-bond acceptors (Lipinski definition) is 10. The standard InChI is InChI=1S/C35H44N8O5/c1-2-36-33(46)29-27(44)28(45)35(48-29)43-22-38-26-30(39-25(20-23-12-6-3-7-13-23)21-24-14-8-4-9-15-24)40-31(41-32(26)43)34(47)37-16-19-42-17-10-5-11-18-42/h3-4,6-9,12-15,22,25,27-29,35,44-45H,2,5,10-11,16-21H2,1H3,(H,36,46)(H,37,47)(H,39,40,41)/t27-,28+,29-,35+/m0/s1. The third kappa shape index (κ3) is 7.81. The summed E-state index contributed by atoms with van der Waals surface area (Å²) in [6, 6.07) is 20.1. The minimum atomic E-state index is -1.47. The molecular formula is C35H44N8O5. The number of aromatic nitrogens is 4. The monoisotopic (exact) mass is 656 g/mol. The van der Waals surface area contributed by atoms with Crippen LogP contribution in [0.15, 0.2) is 67.0 Å². The molecule has 2 aromatic carbocycles. The normalized spacial score (nSPS) is 21.4. The number of likely N-dealkylation sites (N-methyl/N-ethyl adjacent to an activating group) is 1. The van der Waals surface area contributed by atoms with Crippen LogP contribution >= 0.6 is 0 Å².